The van der Waals surface area contributed by atoms with Gasteiger partial charge in [-0.3, -0.25) is 9.48 Å². The molecule has 0 bridgehead atoms. The minimum Gasteiger partial charge on any atom is -0.497 e. The van der Waals surface area contributed by atoms with Crippen molar-refractivity contribution in [2.45, 2.75) is 38.5 Å². The highest BCUT2D eigenvalue weighted by Crippen LogP contribution is 2.34. The van der Waals surface area contributed by atoms with Gasteiger partial charge in [-0.05, 0) is 44.0 Å². The molecule has 24 heavy (non-hydrogen) atoms. The van der Waals surface area contributed by atoms with Crippen molar-refractivity contribution >= 4 is 5.91 Å². The van der Waals surface area contributed by atoms with Crippen LogP contribution in [0, 0.1) is 0 Å². The van der Waals surface area contributed by atoms with Crippen LogP contribution in [0.3, 0.4) is 0 Å². The minimum atomic E-state index is -0.530. The summed E-state index contributed by atoms with van der Waals surface area (Å²) in [6.07, 6.45) is 1.80. The van der Waals surface area contributed by atoms with E-state index < -0.39 is 6.10 Å². The Labute approximate surface area is 141 Å². The van der Waals surface area contributed by atoms with E-state index in [4.69, 9.17) is 4.74 Å². The number of methoxy groups -OCH3 is 1. The molecular weight excluding hydrogens is 306 g/mol. The van der Waals surface area contributed by atoms with Gasteiger partial charge in [0.2, 0.25) is 0 Å². The molecule has 2 aromatic rings. The maximum Gasteiger partial charge on any atom is 0.274 e. The molecule has 128 valence electrons. The van der Waals surface area contributed by atoms with Gasteiger partial charge in [-0.15, -0.1) is 0 Å². The normalized spacial score (nSPS) is 20.6. The highest BCUT2D eigenvalue weighted by atomic mass is 16.5. The predicted molar refractivity (Wildman–Crippen MR) is 90.0 cm³/mol. The lowest BCUT2D eigenvalue weighted by Crippen LogP contribution is -2.32. The van der Waals surface area contributed by atoms with Gasteiger partial charge in [-0.2, -0.15) is 5.10 Å². The van der Waals surface area contributed by atoms with Crippen molar-refractivity contribution in [2.24, 2.45) is 0 Å². The molecule has 1 aromatic carbocycles. The van der Waals surface area contributed by atoms with E-state index in [1.165, 1.54) is 0 Å². The number of aliphatic hydroxyl groups excluding tert-OH is 1. The first-order chi connectivity index (χ1) is 11.5. The van der Waals surface area contributed by atoms with E-state index in [-0.39, 0.29) is 18.0 Å². The van der Waals surface area contributed by atoms with Crippen LogP contribution in [-0.2, 0) is 0 Å². The van der Waals surface area contributed by atoms with Gasteiger partial charge in [0, 0.05) is 18.8 Å². The number of benzene rings is 1. The number of carbonyl (C=O) groups is 1. The van der Waals surface area contributed by atoms with Crippen LogP contribution in [0.1, 0.15) is 48.4 Å². The Hall–Kier alpha value is -2.34. The molecule has 0 spiro atoms. The van der Waals surface area contributed by atoms with Crippen molar-refractivity contribution in [2.75, 3.05) is 13.7 Å². The van der Waals surface area contributed by atoms with E-state index in [0.717, 1.165) is 11.3 Å². The second-order valence-corrected chi connectivity index (χ2v) is 6.41. The first-order valence-corrected chi connectivity index (χ1v) is 8.17. The minimum absolute atomic E-state index is 0.154. The lowest BCUT2D eigenvalue weighted by molar-refractivity contribution is 0.0708. The third-order valence-electron chi connectivity index (χ3n) is 4.37. The van der Waals surface area contributed by atoms with Crippen LogP contribution in [0.2, 0.25) is 0 Å². The van der Waals surface area contributed by atoms with E-state index in [0.29, 0.717) is 18.7 Å². The Morgan fingerprint density at radius 3 is 2.83 bits per heavy atom. The standard InChI is InChI=1S/C18H23N3O3/c1-12(2)21-8-7-16(19-21)18(23)20-11-14(22)10-17(20)13-5-4-6-15(9-13)24-3/h4-9,12,14,17,22H,10-11H2,1-3H3/t14-,17+/m0/s1. The lowest BCUT2D eigenvalue weighted by atomic mass is 10.0. The SMILES string of the molecule is COc1cccc([C@H]2C[C@H](O)CN2C(=O)c2ccn(C(C)C)n2)c1. The van der Waals surface area contributed by atoms with Crippen LogP contribution in [0.25, 0.3) is 0 Å². The molecule has 6 heteroatoms. The van der Waals surface area contributed by atoms with Crippen LogP contribution in [-0.4, -0.2) is 45.5 Å². The predicted octanol–water partition coefficient (Wildman–Crippen LogP) is 2.42. The van der Waals surface area contributed by atoms with Gasteiger partial charge in [-0.1, -0.05) is 12.1 Å². The smallest absolute Gasteiger partial charge is 0.274 e. The molecule has 2 heterocycles. The third kappa shape index (κ3) is 3.14. The molecule has 6 nitrogen and oxygen atoms in total. The highest BCUT2D eigenvalue weighted by molar-refractivity contribution is 5.92. The molecule has 0 radical (unpaired) electrons. The molecule has 2 atom stereocenters. The van der Waals surface area contributed by atoms with Crippen LogP contribution in [0.4, 0.5) is 0 Å². The zero-order valence-electron chi connectivity index (χ0n) is 14.2. The van der Waals surface area contributed by atoms with Crippen LogP contribution >= 0.6 is 0 Å². The second-order valence-electron chi connectivity index (χ2n) is 6.41. The average Bonchev–Trinajstić information content (AvgIpc) is 3.21. The number of β-amino-alcohol motifs (C(OH)–C–C–N with tert-alkyl or cyclic N) is 1. The Morgan fingerprint density at radius 2 is 2.17 bits per heavy atom. The molecule has 1 aliphatic rings. The zero-order chi connectivity index (χ0) is 17.3. The summed E-state index contributed by atoms with van der Waals surface area (Å²) in [5, 5.41) is 14.5. The number of rotatable bonds is 4. The van der Waals surface area contributed by atoms with Crippen molar-refractivity contribution < 1.29 is 14.6 Å². The molecule has 0 unspecified atom stereocenters. The largest absolute Gasteiger partial charge is 0.497 e. The van der Waals surface area contributed by atoms with E-state index in [9.17, 15) is 9.90 Å². The summed E-state index contributed by atoms with van der Waals surface area (Å²) < 4.78 is 7.03. The van der Waals surface area contributed by atoms with Gasteiger partial charge >= 0.3 is 0 Å². The fourth-order valence-electron chi connectivity index (χ4n) is 3.09. The third-order valence-corrected chi connectivity index (χ3v) is 4.37. The summed E-state index contributed by atoms with van der Waals surface area (Å²) in [5.41, 5.74) is 1.37. The summed E-state index contributed by atoms with van der Waals surface area (Å²) in [4.78, 5) is 14.6. The van der Waals surface area contributed by atoms with Crippen molar-refractivity contribution in [3.8, 4) is 5.75 Å². The Kier molecular flexibility index (Phi) is 4.57. The molecule has 1 fully saturated rings. The summed E-state index contributed by atoms with van der Waals surface area (Å²) in [6.45, 7) is 4.34. The molecular formula is C18H23N3O3. The summed E-state index contributed by atoms with van der Waals surface area (Å²) in [5.74, 6) is 0.587. The molecule has 0 aliphatic carbocycles. The first-order valence-electron chi connectivity index (χ1n) is 8.17. The molecule has 1 saturated heterocycles. The number of hydrogen-bond donors (Lipinski definition) is 1. The van der Waals surface area contributed by atoms with Crippen molar-refractivity contribution in [1.82, 2.24) is 14.7 Å². The molecule has 1 aliphatic heterocycles. The van der Waals surface area contributed by atoms with Crippen molar-refractivity contribution in [3.05, 3.63) is 47.8 Å². The number of aromatic nitrogens is 2. The average molecular weight is 329 g/mol. The number of hydrogen-bond acceptors (Lipinski definition) is 4. The Morgan fingerprint density at radius 1 is 1.38 bits per heavy atom. The van der Waals surface area contributed by atoms with E-state index >= 15 is 0 Å². The van der Waals surface area contributed by atoms with E-state index in [2.05, 4.69) is 5.10 Å². The van der Waals surface area contributed by atoms with Gasteiger partial charge in [-0.25, -0.2) is 0 Å². The van der Waals surface area contributed by atoms with Gasteiger partial charge in [0.1, 0.15) is 11.4 Å². The first kappa shape index (κ1) is 16.5. The van der Waals surface area contributed by atoms with Gasteiger partial charge in [0.05, 0.1) is 19.3 Å². The topological polar surface area (TPSA) is 67.6 Å². The van der Waals surface area contributed by atoms with Gasteiger partial charge in [0.15, 0.2) is 0 Å². The van der Waals surface area contributed by atoms with E-state index in [1.54, 1.807) is 22.8 Å². The number of ether oxygens (including phenoxy) is 1. The maximum absolute atomic E-state index is 12.9. The quantitative estimate of drug-likeness (QED) is 0.935. The Balaban J connectivity index is 1.87. The van der Waals surface area contributed by atoms with Crippen molar-refractivity contribution in [3.63, 3.8) is 0 Å². The number of carbonyl (C=O) groups excluding carboxylic acids is 1. The summed E-state index contributed by atoms with van der Waals surface area (Å²) >= 11 is 0. The zero-order valence-corrected chi connectivity index (χ0v) is 14.2. The molecule has 1 N–H and O–H groups in total. The van der Waals surface area contributed by atoms with Gasteiger partial charge in [0.25, 0.3) is 5.91 Å². The molecule has 1 amide bonds. The van der Waals surface area contributed by atoms with E-state index in [1.807, 2.05) is 44.3 Å². The lowest BCUT2D eigenvalue weighted by Gasteiger charge is -2.24. The fourth-order valence-corrected chi connectivity index (χ4v) is 3.09. The van der Waals surface area contributed by atoms with Crippen LogP contribution in [0.5, 0.6) is 5.75 Å². The fraction of sp³-hybridized carbons (Fsp3) is 0.444. The Bertz CT molecular complexity index is 726. The highest BCUT2D eigenvalue weighted by Gasteiger charge is 2.36. The second kappa shape index (κ2) is 6.65. The van der Waals surface area contributed by atoms with Gasteiger partial charge < -0.3 is 14.7 Å². The number of aliphatic hydroxyl groups is 1. The number of amides is 1. The maximum atomic E-state index is 12.9. The van der Waals surface area contributed by atoms with Crippen LogP contribution in [0.15, 0.2) is 36.5 Å². The number of nitrogens with zero attached hydrogens (tertiary/aromatic N) is 3. The molecule has 3 rings (SSSR count). The van der Waals surface area contributed by atoms with Crippen molar-refractivity contribution in [1.29, 1.82) is 0 Å². The number of likely N-dealkylation sites (tertiary alicyclic amines) is 1. The van der Waals surface area contributed by atoms with Crippen LogP contribution < -0.4 is 4.74 Å². The summed E-state index contributed by atoms with van der Waals surface area (Å²) in [6, 6.07) is 9.39. The molecule has 1 aromatic heterocycles. The molecule has 0 saturated carbocycles. The summed E-state index contributed by atoms with van der Waals surface area (Å²) in [7, 11) is 1.62. The monoisotopic (exact) mass is 329 g/mol.